The molecule has 1 aliphatic carbocycles. The second-order valence-corrected chi connectivity index (χ2v) is 11.2. The van der Waals surface area contributed by atoms with E-state index in [0.717, 1.165) is 43.6 Å². The summed E-state index contributed by atoms with van der Waals surface area (Å²) in [5.74, 6) is 2.23. The molecule has 0 N–H and O–H groups in total. The highest BCUT2D eigenvalue weighted by Gasteiger charge is 2.32. The van der Waals surface area contributed by atoms with Crippen molar-refractivity contribution in [2.45, 2.75) is 58.8 Å². The van der Waals surface area contributed by atoms with Crippen molar-refractivity contribution in [1.82, 2.24) is 20.0 Å². The summed E-state index contributed by atoms with van der Waals surface area (Å²) in [6.07, 6.45) is 6.83. The molecule has 1 amide bonds. The number of carbonyl (C=O) groups is 1. The van der Waals surface area contributed by atoms with Gasteiger partial charge in [-0.15, -0.1) is 11.3 Å². The topological polar surface area (TPSA) is 72.1 Å². The van der Waals surface area contributed by atoms with Gasteiger partial charge in [0.2, 0.25) is 11.7 Å². The number of thiophene rings is 1. The molecule has 1 unspecified atom stereocenters. The molecule has 1 fully saturated rings. The summed E-state index contributed by atoms with van der Waals surface area (Å²) >= 11 is 1.71. The number of nitrogens with zero attached hydrogens (tertiary/aromatic N) is 4. The minimum Gasteiger partial charge on any atom is -0.339 e. The fourth-order valence-electron chi connectivity index (χ4n) is 4.85. The summed E-state index contributed by atoms with van der Waals surface area (Å²) in [6, 6.07) is 7.82. The summed E-state index contributed by atoms with van der Waals surface area (Å²) in [5.41, 5.74) is 2.43. The highest BCUT2D eigenvalue weighted by atomic mass is 32.1. The van der Waals surface area contributed by atoms with Gasteiger partial charge < -0.3 is 9.42 Å². The number of aryl methyl sites for hydroxylation is 1. The first kappa shape index (κ1) is 21.3. The van der Waals surface area contributed by atoms with E-state index < -0.39 is 0 Å². The summed E-state index contributed by atoms with van der Waals surface area (Å²) in [5, 5.41) is 4.10. The van der Waals surface area contributed by atoms with Gasteiger partial charge in [-0.2, -0.15) is 4.98 Å². The van der Waals surface area contributed by atoms with Crippen LogP contribution >= 0.6 is 11.3 Å². The third-order valence-corrected chi connectivity index (χ3v) is 8.21. The van der Waals surface area contributed by atoms with Crippen LogP contribution in [0.2, 0.25) is 0 Å². The Bertz CT molecular complexity index is 1090. The molecule has 0 aromatic carbocycles. The van der Waals surface area contributed by atoms with E-state index in [1.165, 1.54) is 16.9 Å². The molecule has 0 saturated carbocycles. The van der Waals surface area contributed by atoms with Gasteiger partial charge in [-0.1, -0.05) is 32.0 Å². The number of likely N-dealkylation sites (tertiary alicyclic amines) is 1. The highest BCUT2D eigenvalue weighted by molar-refractivity contribution is 7.14. The smallest absolute Gasteiger partial charge is 0.263 e. The maximum absolute atomic E-state index is 13.2. The van der Waals surface area contributed by atoms with E-state index in [-0.39, 0.29) is 11.8 Å². The van der Waals surface area contributed by atoms with Crippen LogP contribution in [0.1, 0.15) is 72.0 Å². The van der Waals surface area contributed by atoms with E-state index in [1.807, 2.05) is 23.1 Å². The van der Waals surface area contributed by atoms with Gasteiger partial charge in [0.15, 0.2) is 0 Å². The third kappa shape index (κ3) is 4.22. The Morgan fingerprint density at radius 1 is 1.19 bits per heavy atom. The molecular formula is C25H30N4O2S. The van der Waals surface area contributed by atoms with Crippen LogP contribution < -0.4 is 0 Å². The SMILES string of the molecule is CC(C)(C)C1CCc2sc(C(=O)N3CCC(c4nc(-c5ccccn5)no4)CC3)cc2C1. The van der Waals surface area contributed by atoms with Crippen molar-refractivity contribution in [2.75, 3.05) is 13.1 Å². The predicted molar refractivity (Wildman–Crippen MR) is 125 cm³/mol. The van der Waals surface area contributed by atoms with Crippen LogP contribution in [0.25, 0.3) is 11.5 Å². The summed E-state index contributed by atoms with van der Waals surface area (Å²) in [6.45, 7) is 8.42. The summed E-state index contributed by atoms with van der Waals surface area (Å²) in [7, 11) is 0. The van der Waals surface area contributed by atoms with Crippen molar-refractivity contribution in [3.63, 3.8) is 0 Å². The Labute approximate surface area is 193 Å². The molecule has 2 aliphatic rings. The first-order valence-electron chi connectivity index (χ1n) is 11.5. The van der Waals surface area contributed by atoms with E-state index in [9.17, 15) is 4.79 Å². The molecule has 3 aromatic rings. The second kappa shape index (κ2) is 8.43. The van der Waals surface area contributed by atoms with Crippen molar-refractivity contribution >= 4 is 17.2 Å². The number of amides is 1. The highest BCUT2D eigenvalue weighted by Crippen LogP contribution is 2.40. The Kier molecular flexibility index (Phi) is 5.61. The molecule has 1 aliphatic heterocycles. The normalized spacial score (nSPS) is 19.7. The Morgan fingerprint density at radius 2 is 2.00 bits per heavy atom. The lowest BCUT2D eigenvalue weighted by molar-refractivity contribution is 0.0709. The van der Waals surface area contributed by atoms with Crippen molar-refractivity contribution < 1.29 is 9.32 Å². The van der Waals surface area contributed by atoms with Crippen LogP contribution in [0.5, 0.6) is 0 Å². The maximum atomic E-state index is 13.2. The fraction of sp³-hybridized carbons (Fsp3) is 0.520. The number of rotatable bonds is 3. The summed E-state index contributed by atoms with van der Waals surface area (Å²) < 4.78 is 5.53. The quantitative estimate of drug-likeness (QED) is 0.537. The van der Waals surface area contributed by atoms with Crippen molar-refractivity contribution in [3.8, 4) is 11.5 Å². The van der Waals surface area contributed by atoms with Crippen LogP contribution in [0.15, 0.2) is 35.0 Å². The monoisotopic (exact) mass is 450 g/mol. The Hall–Kier alpha value is -2.54. The molecule has 0 spiro atoms. The summed E-state index contributed by atoms with van der Waals surface area (Å²) in [4.78, 5) is 26.4. The van der Waals surface area contributed by atoms with Crippen LogP contribution in [-0.2, 0) is 12.8 Å². The first-order valence-corrected chi connectivity index (χ1v) is 12.4. The van der Waals surface area contributed by atoms with Gasteiger partial charge in [0.25, 0.3) is 5.91 Å². The van der Waals surface area contributed by atoms with E-state index in [4.69, 9.17) is 4.52 Å². The van der Waals surface area contributed by atoms with Gasteiger partial charge >= 0.3 is 0 Å². The van der Waals surface area contributed by atoms with Crippen molar-refractivity contribution in [3.05, 3.63) is 51.7 Å². The number of carbonyl (C=O) groups excluding carboxylic acids is 1. The van der Waals surface area contributed by atoms with Crippen LogP contribution in [0.4, 0.5) is 0 Å². The lowest BCUT2D eigenvalue weighted by Gasteiger charge is -2.33. The maximum Gasteiger partial charge on any atom is 0.263 e. The number of hydrogen-bond acceptors (Lipinski definition) is 6. The van der Waals surface area contributed by atoms with Crippen molar-refractivity contribution in [2.24, 2.45) is 11.3 Å². The number of hydrogen-bond donors (Lipinski definition) is 0. The molecule has 0 bridgehead atoms. The van der Waals surface area contributed by atoms with Gasteiger partial charge in [0.05, 0.1) is 4.88 Å². The van der Waals surface area contributed by atoms with Crippen molar-refractivity contribution in [1.29, 1.82) is 0 Å². The third-order valence-electron chi connectivity index (χ3n) is 6.99. The molecule has 1 atom stereocenters. The van der Waals surface area contributed by atoms with E-state index >= 15 is 0 Å². The minimum absolute atomic E-state index is 0.176. The fourth-order valence-corrected chi connectivity index (χ4v) is 6.03. The number of pyridine rings is 1. The number of aromatic nitrogens is 3. The molecule has 6 nitrogen and oxygen atoms in total. The lowest BCUT2D eigenvalue weighted by Crippen LogP contribution is -2.37. The van der Waals surface area contributed by atoms with Gasteiger partial charge in [0.1, 0.15) is 5.69 Å². The van der Waals surface area contributed by atoms with Crippen LogP contribution in [-0.4, -0.2) is 39.0 Å². The van der Waals surface area contributed by atoms with E-state index in [0.29, 0.717) is 28.7 Å². The molecular weight excluding hydrogens is 420 g/mol. The van der Waals surface area contributed by atoms with Gasteiger partial charge in [-0.3, -0.25) is 9.78 Å². The Balaban J connectivity index is 1.21. The van der Waals surface area contributed by atoms with E-state index in [2.05, 4.69) is 42.0 Å². The second-order valence-electron chi connectivity index (χ2n) is 10.1. The molecule has 32 heavy (non-hydrogen) atoms. The average molecular weight is 451 g/mol. The zero-order chi connectivity index (χ0) is 22.3. The van der Waals surface area contributed by atoms with Crippen LogP contribution in [0, 0.1) is 11.3 Å². The lowest BCUT2D eigenvalue weighted by atomic mass is 9.72. The molecule has 0 radical (unpaired) electrons. The minimum atomic E-state index is 0.176. The number of piperidine rings is 1. The van der Waals surface area contributed by atoms with Gasteiger partial charge in [0, 0.05) is 30.1 Å². The molecule has 4 heterocycles. The molecule has 1 saturated heterocycles. The molecule has 5 rings (SSSR count). The predicted octanol–water partition coefficient (Wildman–Crippen LogP) is 5.36. The van der Waals surface area contributed by atoms with Gasteiger partial charge in [-0.05, 0) is 67.2 Å². The zero-order valence-corrected chi connectivity index (χ0v) is 19.8. The first-order chi connectivity index (χ1) is 15.4. The Morgan fingerprint density at radius 3 is 2.72 bits per heavy atom. The van der Waals surface area contributed by atoms with Gasteiger partial charge in [-0.25, -0.2) is 0 Å². The molecule has 3 aromatic heterocycles. The zero-order valence-electron chi connectivity index (χ0n) is 19.0. The average Bonchev–Trinajstić information content (AvgIpc) is 3.46. The molecule has 168 valence electrons. The molecule has 7 heteroatoms. The van der Waals surface area contributed by atoms with Crippen LogP contribution in [0.3, 0.4) is 0 Å². The number of fused-ring (bicyclic) bond motifs is 1. The largest absolute Gasteiger partial charge is 0.339 e. The van der Waals surface area contributed by atoms with E-state index in [1.54, 1.807) is 17.5 Å². The standard InChI is InChI=1S/C25H30N4O2S/c1-25(2,3)18-7-8-20-17(14-18)15-21(32-20)24(30)29-12-9-16(10-13-29)23-27-22(28-31-23)19-6-4-5-11-26-19/h4-6,11,15-16,18H,7-10,12-14H2,1-3H3.